The van der Waals surface area contributed by atoms with E-state index >= 15 is 0 Å². The molecule has 0 aliphatic carbocycles. The zero-order valence-electron chi connectivity index (χ0n) is 33.8. The molecule has 15 N–H and O–H groups in total. The van der Waals surface area contributed by atoms with Crippen molar-refractivity contribution in [3.05, 3.63) is 34.9 Å². The summed E-state index contributed by atoms with van der Waals surface area (Å²) in [7, 11) is 0. The second-order valence-electron chi connectivity index (χ2n) is 14.3. The first-order valence-electron chi connectivity index (χ1n) is 19.9. The summed E-state index contributed by atoms with van der Waals surface area (Å²) in [4.78, 5) is 111. The van der Waals surface area contributed by atoms with Crippen molar-refractivity contribution in [1.29, 1.82) is 0 Å². The monoisotopic (exact) mass is 848 g/mol. The Morgan fingerprint density at radius 1 is 0.847 bits per heavy atom. The van der Waals surface area contributed by atoms with Crippen LogP contribution in [0.3, 0.4) is 0 Å². The number of primary amides is 1. The topological polar surface area (TPSA) is 337 Å². The Hall–Kier alpha value is -5.50. The normalized spacial score (nSPS) is 21.9. The molecule has 1 aliphatic heterocycles. The van der Waals surface area contributed by atoms with E-state index in [9.17, 15) is 38.4 Å². The Balaban J connectivity index is 2.59. The summed E-state index contributed by atoms with van der Waals surface area (Å²) in [6.45, 7) is 3.50. The minimum absolute atomic E-state index is 0.0149. The lowest BCUT2D eigenvalue weighted by atomic mass is 10.0. The highest BCUT2D eigenvalue weighted by atomic mass is 35.5. The van der Waals surface area contributed by atoms with Crippen LogP contribution in [0, 0.1) is 0 Å². The lowest BCUT2D eigenvalue weighted by Gasteiger charge is -2.28. The molecule has 6 atom stereocenters. The van der Waals surface area contributed by atoms with E-state index < -0.39 is 83.5 Å². The smallest absolute Gasteiger partial charge is 0.243 e. The maximum absolute atomic E-state index is 14.1. The van der Waals surface area contributed by atoms with E-state index in [2.05, 4.69) is 42.2 Å². The van der Waals surface area contributed by atoms with E-state index in [4.69, 9.17) is 34.5 Å². The second-order valence-corrected chi connectivity index (χ2v) is 14.8. The van der Waals surface area contributed by atoms with Crippen molar-refractivity contribution in [3.8, 4) is 0 Å². The summed E-state index contributed by atoms with van der Waals surface area (Å²) in [5.41, 5.74) is 22.9. The van der Waals surface area contributed by atoms with Crippen LogP contribution in [0.25, 0.3) is 0 Å². The third-order valence-corrected chi connectivity index (χ3v) is 9.63. The van der Waals surface area contributed by atoms with E-state index in [1.807, 2.05) is 6.92 Å². The zero-order valence-corrected chi connectivity index (χ0v) is 34.5. The van der Waals surface area contributed by atoms with Crippen molar-refractivity contribution >= 4 is 64.8 Å². The van der Waals surface area contributed by atoms with E-state index in [-0.39, 0.29) is 83.4 Å². The number of carbonyl (C=O) groups is 8. The molecular weight excluding hydrogens is 788 g/mol. The highest BCUT2D eigenvalue weighted by molar-refractivity contribution is 6.30. The summed E-state index contributed by atoms with van der Waals surface area (Å²) < 4.78 is 0. The Labute approximate surface area is 349 Å². The van der Waals surface area contributed by atoms with Crippen molar-refractivity contribution in [2.45, 2.75) is 127 Å². The first kappa shape index (κ1) is 49.6. The summed E-state index contributed by atoms with van der Waals surface area (Å²) >= 11 is 6.10. The number of hydrogen-bond acceptors (Lipinski definition) is 10. The Morgan fingerprint density at radius 3 is 2.07 bits per heavy atom. The predicted molar refractivity (Wildman–Crippen MR) is 221 cm³/mol. The van der Waals surface area contributed by atoms with Crippen molar-refractivity contribution in [2.75, 3.05) is 19.6 Å². The number of benzene rings is 1. The number of guanidine groups is 1. The number of rotatable bonds is 16. The van der Waals surface area contributed by atoms with Gasteiger partial charge in [-0.25, -0.2) is 0 Å². The summed E-state index contributed by atoms with van der Waals surface area (Å²) in [6, 6.07) is -0.793. The van der Waals surface area contributed by atoms with Crippen LogP contribution in [-0.4, -0.2) is 109 Å². The van der Waals surface area contributed by atoms with Gasteiger partial charge in [-0.2, -0.15) is 0 Å². The number of nitrogens with two attached hydrogens (primary N) is 4. The maximum atomic E-state index is 14.1. The molecule has 1 aromatic rings. The molecule has 0 radical (unpaired) electrons. The number of amides is 8. The Morgan fingerprint density at radius 2 is 1.46 bits per heavy atom. The molecule has 1 aliphatic rings. The molecule has 1 heterocycles. The molecule has 59 heavy (non-hydrogen) atoms. The average molecular weight is 849 g/mol. The molecule has 1 saturated heterocycles. The molecule has 0 spiro atoms. The Bertz CT molecular complexity index is 1630. The second kappa shape index (κ2) is 26.5. The third-order valence-electron chi connectivity index (χ3n) is 9.38. The lowest BCUT2D eigenvalue weighted by Crippen LogP contribution is -2.60. The SMILES string of the molecule is CCCC[C@H](NC(C)=O)C(=O)N[C@H]1CCC(=O)NCCC[C@@H](C(N)=O)NC(=O)[C@H](CCCN=C(N)N)NC(=O)[C@@H](Cc2ccc(Cl)cc2)NC(=O)[C@H](CCCN)NC1=O. The first-order chi connectivity index (χ1) is 28.0. The average Bonchev–Trinajstić information content (AvgIpc) is 3.18. The standard InChI is InChI=1S/C38H61ClN12O8/c1-3-4-8-26(46-22(2)52)33(55)50-29-16-17-31(53)44-19-6-10-25(32(41)54)47-34(56)28(11-7-20-45-38(42)43)49-37(59)30(21-23-12-14-24(39)15-13-23)51-35(57)27(9-5-18-40)48-36(29)58/h12-15,25-30H,3-11,16-21,40H2,1-2H3,(H2,41,54)(H,44,53)(H,46,52)(H,47,56)(H,48,58)(H,49,59)(H,50,55)(H,51,57)(H4,42,43,45)/t25-,26-,27-,28-,29-,30+/m0/s1. The van der Waals surface area contributed by atoms with Gasteiger partial charge in [0.2, 0.25) is 47.3 Å². The number of unbranched alkanes of at least 4 members (excludes halogenated alkanes) is 1. The molecular formula is C38H61ClN12O8. The van der Waals surface area contributed by atoms with Gasteiger partial charge in [0.15, 0.2) is 5.96 Å². The van der Waals surface area contributed by atoms with Gasteiger partial charge in [-0.1, -0.05) is 43.5 Å². The zero-order chi connectivity index (χ0) is 43.9. The molecule has 1 fully saturated rings. The number of aliphatic imine (C=N–C) groups is 1. The van der Waals surface area contributed by atoms with Crippen LogP contribution < -0.4 is 60.2 Å². The molecule has 21 heteroatoms. The molecule has 0 saturated carbocycles. The quantitative estimate of drug-likeness (QED) is 0.0490. The predicted octanol–water partition coefficient (Wildman–Crippen LogP) is -2.03. The molecule has 2 rings (SSSR count). The lowest BCUT2D eigenvalue weighted by molar-refractivity contribution is -0.135. The maximum Gasteiger partial charge on any atom is 0.243 e. The number of hydrogen-bond donors (Lipinski definition) is 11. The summed E-state index contributed by atoms with van der Waals surface area (Å²) in [6.07, 6.45) is 1.89. The van der Waals surface area contributed by atoms with Crippen LogP contribution in [0.2, 0.25) is 5.02 Å². The van der Waals surface area contributed by atoms with Crippen LogP contribution in [0.5, 0.6) is 0 Å². The number of nitrogens with zero attached hydrogens (tertiary/aromatic N) is 1. The number of halogens is 1. The van der Waals surface area contributed by atoms with Gasteiger partial charge >= 0.3 is 0 Å². The van der Waals surface area contributed by atoms with Gasteiger partial charge in [0.1, 0.15) is 36.3 Å². The molecule has 20 nitrogen and oxygen atoms in total. The van der Waals surface area contributed by atoms with Gasteiger partial charge < -0.3 is 60.2 Å². The van der Waals surface area contributed by atoms with Crippen molar-refractivity contribution in [2.24, 2.45) is 27.9 Å². The van der Waals surface area contributed by atoms with Crippen molar-refractivity contribution < 1.29 is 38.4 Å². The third kappa shape index (κ3) is 19.2. The van der Waals surface area contributed by atoms with Gasteiger partial charge in [0.05, 0.1) is 0 Å². The first-order valence-corrected chi connectivity index (χ1v) is 20.3. The van der Waals surface area contributed by atoms with Crippen LogP contribution >= 0.6 is 11.6 Å². The van der Waals surface area contributed by atoms with Crippen molar-refractivity contribution in [1.82, 2.24) is 37.2 Å². The molecule has 0 aromatic heterocycles. The van der Waals surface area contributed by atoms with E-state index in [0.29, 0.717) is 23.4 Å². The van der Waals surface area contributed by atoms with E-state index in [0.717, 1.165) is 6.42 Å². The van der Waals surface area contributed by atoms with Crippen LogP contribution in [0.1, 0.15) is 90.0 Å². The fourth-order valence-corrected chi connectivity index (χ4v) is 6.29. The number of nitrogens with one attached hydrogen (secondary N) is 7. The summed E-state index contributed by atoms with van der Waals surface area (Å²) in [5, 5.41) is 19.0. The Kier molecular flexibility index (Phi) is 22.3. The fourth-order valence-electron chi connectivity index (χ4n) is 6.16. The molecule has 8 amide bonds. The molecule has 0 unspecified atom stereocenters. The van der Waals surface area contributed by atoms with Gasteiger partial charge in [-0.3, -0.25) is 43.3 Å². The summed E-state index contributed by atoms with van der Waals surface area (Å²) in [5.74, 6) is -5.70. The minimum atomic E-state index is -1.33. The largest absolute Gasteiger partial charge is 0.370 e. The van der Waals surface area contributed by atoms with Crippen molar-refractivity contribution in [3.63, 3.8) is 0 Å². The number of carbonyl (C=O) groups excluding carboxylic acids is 8. The molecule has 1 aromatic carbocycles. The van der Waals surface area contributed by atoms with Crippen LogP contribution in [0.4, 0.5) is 0 Å². The van der Waals surface area contributed by atoms with E-state index in [1.54, 1.807) is 24.3 Å². The fraction of sp³-hybridized carbons (Fsp3) is 0.605. The highest BCUT2D eigenvalue weighted by Crippen LogP contribution is 2.13. The van der Waals surface area contributed by atoms with Gasteiger partial charge in [0.25, 0.3) is 0 Å². The molecule has 328 valence electrons. The highest BCUT2D eigenvalue weighted by Gasteiger charge is 2.33. The molecule has 0 bridgehead atoms. The van der Waals surface area contributed by atoms with Gasteiger partial charge in [-0.05, 0) is 75.6 Å². The van der Waals surface area contributed by atoms with Crippen LogP contribution in [0.15, 0.2) is 29.3 Å². The van der Waals surface area contributed by atoms with Gasteiger partial charge in [-0.15, -0.1) is 0 Å². The minimum Gasteiger partial charge on any atom is -0.370 e. The van der Waals surface area contributed by atoms with E-state index in [1.165, 1.54) is 6.92 Å². The van der Waals surface area contributed by atoms with Gasteiger partial charge in [0, 0.05) is 37.9 Å². The van der Waals surface area contributed by atoms with Crippen LogP contribution in [-0.2, 0) is 44.8 Å².